The highest BCUT2D eigenvalue weighted by Gasteiger charge is 1.96. The van der Waals surface area contributed by atoms with Crippen molar-refractivity contribution in [2.24, 2.45) is 10.2 Å². The van der Waals surface area contributed by atoms with Gasteiger partial charge in [-0.2, -0.15) is 10.2 Å². The molecule has 0 aliphatic heterocycles. The lowest BCUT2D eigenvalue weighted by Gasteiger charge is -2.19. The molecule has 0 aliphatic carbocycles. The van der Waals surface area contributed by atoms with Gasteiger partial charge in [-0.1, -0.05) is 60.7 Å². The first-order valence-electron chi connectivity index (χ1n) is 6.84. The summed E-state index contributed by atoms with van der Waals surface area (Å²) >= 11 is 0. The minimum absolute atomic E-state index is 0.618. The number of hydrogen-bond donors (Lipinski definition) is 0. The van der Waals surface area contributed by atoms with Gasteiger partial charge in [-0.15, -0.1) is 0 Å². The lowest BCUT2D eigenvalue weighted by atomic mass is 10.2. The average Bonchev–Trinajstić information content (AvgIpc) is 2.53. The van der Waals surface area contributed by atoms with E-state index in [-0.39, 0.29) is 0 Å². The Kier molecular flexibility index (Phi) is 5.52. The van der Waals surface area contributed by atoms with Crippen LogP contribution in [0.1, 0.15) is 11.1 Å². The molecule has 0 heterocycles. The topological polar surface area (TPSA) is 31.2 Å². The van der Waals surface area contributed by atoms with Gasteiger partial charge in [0.15, 0.2) is 0 Å². The molecule has 0 aliphatic rings. The smallest absolute Gasteiger partial charge is 0.122 e. The number of benzene rings is 2. The van der Waals surface area contributed by atoms with Crippen molar-refractivity contribution in [3.05, 3.63) is 71.8 Å². The molecular weight excluding hydrogens is 260 g/mol. The summed E-state index contributed by atoms with van der Waals surface area (Å²) in [6.07, 6.45) is 3.68. The van der Waals surface area contributed by atoms with Crippen LogP contribution in [0.2, 0.25) is 0 Å². The molecule has 0 atom stereocenters. The maximum Gasteiger partial charge on any atom is 0.122 e. The van der Waals surface area contributed by atoms with Crippen LogP contribution in [0.15, 0.2) is 70.9 Å². The van der Waals surface area contributed by atoms with Crippen LogP contribution in [0.25, 0.3) is 0 Å². The first-order chi connectivity index (χ1) is 10.2. The molecule has 21 heavy (non-hydrogen) atoms. The average molecular weight is 280 g/mol. The van der Waals surface area contributed by atoms with Crippen LogP contribution in [0, 0.1) is 0 Å². The molecule has 0 fully saturated rings. The van der Waals surface area contributed by atoms with E-state index in [9.17, 15) is 0 Å². The molecule has 2 aromatic rings. The second-order valence-electron chi connectivity index (χ2n) is 4.77. The molecule has 4 nitrogen and oxygen atoms in total. The van der Waals surface area contributed by atoms with E-state index in [1.54, 1.807) is 0 Å². The third kappa shape index (κ3) is 5.48. The van der Waals surface area contributed by atoms with Crippen molar-refractivity contribution in [3.63, 3.8) is 0 Å². The van der Waals surface area contributed by atoms with Gasteiger partial charge in [0.25, 0.3) is 0 Å². The van der Waals surface area contributed by atoms with Crippen molar-refractivity contribution in [2.75, 3.05) is 20.8 Å². The Balaban J connectivity index is 1.83. The van der Waals surface area contributed by atoms with Gasteiger partial charge in [0.05, 0.1) is 12.4 Å². The molecule has 0 saturated carbocycles. The first kappa shape index (κ1) is 14.8. The number of hydrogen-bond acceptors (Lipinski definition) is 4. The molecule has 0 radical (unpaired) electrons. The lowest BCUT2D eigenvalue weighted by molar-refractivity contribution is 0.196. The fourth-order valence-electron chi connectivity index (χ4n) is 1.78. The minimum Gasteiger partial charge on any atom is -0.279 e. The van der Waals surface area contributed by atoms with Crippen LogP contribution in [0.4, 0.5) is 0 Å². The summed E-state index contributed by atoms with van der Waals surface area (Å²) in [5.41, 5.74) is 2.17. The van der Waals surface area contributed by atoms with Crippen molar-refractivity contribution in [1.29, 1.82) is 0 Å². The quantitative estimate of drug-likeness (QED) is 0.463. The number of nitrogens with zero attached hydrogens (tertiary/aromatic N) is 4. The van der Waals surface area contributed by atoms with Gasteiger partial charge < -0.3 is 0 Å². The third-order valence-corrected chi connectivity index (χ3v) is 2.82. The predicted molar refractivity (Wildman–Crippen MR) is 88.5 cm³/mol. The van der Waals surface area contributed by atoms with Gasteiger partial charge in [-0.25, -0.2) is 0 Å². The van der Waals surface area contributed by atoms with Crippen molar-refractivity contribution in [1.82, 2.24) is 10.0 Å². The highest BCUT2D eigenvalue weighted by Crippen LogP contribution is 1.97. The van der Waals surface area contributed by atoms with Crippen LogP contribution in [-0.4, -0.2) is 43.2 Å². The van der Waals surface area contributed by atoms with Gasteiger partial charge in [0, 0.05) is 14.1 Å². The van der Waals surface area contributed by atoms with E-state index in [0.29, 0.717) is 6.67 Å². The van der Waals surface area contributed by atoms with Gasteiger partial charge in [-0.05, 0) is 11.1 Å². The Morgan fingerprint density at radius 3 is 1.48 bits per heavy atom. The zero-order valence-corrected chi connectivity index (χ0v) is 12.4. The van der Waals surface area contributed by atoms with E-state index in [0.717, 1.165) is 11.1 Å². The molecule has 2 aromatic carbocycles. The minimum atomic E-state index is 0.618. The fourth-order valence-corrected chi connectivity index (χ4v) is 1.78. The summed E-state index contributed by atoms with van der Waals surface area (Å²) in [5, 5.41) is 12.4. The van der Waals surface area contributed by atoms with Crippen molar-refractivity contribution >= 4 is 12.4 Å². The van der Waals surface area contributed by atoms with E-state index >= 15 is 0 Å². The molecule has 4 heteroatoms. The summed E-state index contributed by atoms with van der Waals surface area (Å²) in [6, 6.07) is 20.1. The second-order valence-corrected chi connectivity index (χ2v) is 4.77. The maximum absolute atomic E-state index is 4.38. The molecule has 0 N–H and O–H groups in total. The van der Waals surface area contributed by atoms with Crippen molar-refractivity contribution in [2.45, 2.75) is 0 Å². The molecule has 0 aromatic heterocycles. The molecule has 0 bridgehead atoms. The van der Waals surface area contributed by atoms with Crippen LogP contribution in [0.5, 0.6) is 0 Å². The zero-order valence-electron chi connectivity index (χ0n) is 12.4. The molecule has 0 spiro atoms. The summed E-state index contributed by atoms with van der Waals surface area (Å²) < 4.78 is 0. The third-order valence-electron chi connectivity index (χ3n) is 2.82. The van der Waals surface area contributed by atoms with Crippen LogP contribution >= 0.6 is 0 Å². The fraction of sp³-hybridized carbons (Fsp3) is 0.176. The van der Waals surface area contributed by atoms with Gasteiger partial charge >= 0.3 is 0 Å². The largest absolute Gasteiger partial charge is 0.279 e. The van der Waals surface area contributed by atoms with Crippen molar-refractivity contribution < 1.29 is 0 Å². The zero-order chi connectivity index (χ0) is 14.9. The van der Waals surface area contributed by atoms with Crippen molar-refractivity contribution in [3.8, 4) is 0 Å². The van der Waals surface area contributed by atoms with E-state index in [2.05, 4.69) is 10.2 Å². The Bertz CT molecular complexity index is 525. The van der Waals surface area contributed by atoms with Crippen LogP contribution < -0.4 is 0 Å². The number of rotatable bonds is 6. The van der Waals surface area contributed by atoms with Gasteiger partial charge in [0.2, 0.25) is 0 Å². The van der Waals surface area contributed by atoms with E-state index in [1.807, 2.05) is 97.2 Å². The molecule has 108 valence electrons. The molecule has 0 saturated heterocycles. The summed E-state index contributed by atoms with van der Waals surface area (Å²) in [5.74, 6) is 0. The van der Waals surface area contributed by atoms with E-state index in [1.165, 1.54) is 0 Å². The van der Waals surface area contributed by atoms with Gasteiger partial charge in [-0.3, -0.25) is 10.0 Å². The maximum atomic E-state index is 4.38. The Labute approximate surface area is 126 Å². The van der Waals surface area contributed by atoms with Crippen LogP contribution in [0.3, 0.4) is 0 Å². The van der Waals surface area contributed by atoms with Gasteiger partial charge in [0.1, 0.15) is 6.67 Å². The highest BCUT2D eigenvalue weighted by atomic mass is 15.6. The Hall–Kier alpha value is -2.62. The molecule has 2 rings (SSSR count). The monoisotopic (exact) mass is 280 g/mol. The lowest BCUT2D eigenvalue weighted by Crippen LogP contribution is -2.26. The summed E-state index contributed by atoms with van der Waals surface area (Å²) in [6.45, 7) is 0.618. The SMILES string of the molecule is CN(CN(C)/N=C/c1ccccc1)/N=C/c1ccccc1. The Morgan fingerprint density at radius 1 is 0.714 bits per heavy atom. The predicted octanol–water partition coefficient (Wildman–Crippen LogP) is 2.88. The Morgan fingerprint density at radius 2 is 1.10 bits per heavy atom. The second kappa shape index (κ2) is 7.85. The summed E-state index contributed by atoms with van der Waals surface area (Å²) in [4.78, 5) is 0. The van der Waals surface area contributed by atoms with E-state index < -0.39 is 0 Å². The standard InChI is InChI=1S/C17H20N4/c1-20(18-13-16-9-5-3-6-10-16)15-21(2)19-14-17-11-7-4-8-12-17/h3-14H,15H2,1-2H3/b18-13+,19-14+. The number of hydrazone groups is 2. The van der Waals surface area contributed by atoms with E-state index in [4.69, 9.17) is 0 Å². The molecule has 0 amide bonds. The first-order valence-corrected chi connectivity index (χ1v) is 6.84. The normalized spacial score (nSPS) is 11.1. The van der Waals surface area contributed by atoms with Crippen LogP contribution in [-0.2, 0) is 0 Å². The summed E-state index contributed by atoms with van der Waals surface area (Å²) in [7, 11) is 3.85. The highest BCUT2D eigenvalue weighted by molar-refractivity contribution is 5.79. The molecule has 0 unspecified atom stereocenters. The molecular formula is C17H20N4.